The lowest BCUT2D eigenvalue weighted by Gasteiger charge is -2.22. The maximum atomic E-state index is 12.2. The van der Waals surface area contributed by atoms with E-state index in [4.69, 9.17) is 14.2 Å². The van der Waals surface area contributed by atoms with Gasteiger partial charge in [0.25, 0.3) is 0 Å². The molecule has 6 nitrogen and oxygen atoms in total. The van der Waals surface area contributed by atoms with Crippen LogP contribution in [0.25, 0.3) is 0 Å². The fraction of sp³-hybridized carbons (Fsp3) is 0.632. The third kappa shape index (κ3) is 6.21. The monoisotopic (exact) mass is 350 g/mol. The number of nitrogens with one attached hydrogen (secondary N) is 1. The van der Waals surface area contributed by atoms with Crippen molar-refractivity contribution in [1.82, 2.24) is 10.2 Å². The Morgan fingerprint density at radius 1 is 1.32 bits per heavy atom. The average molecular weight is 350 g/mol. The highest BCUT2D eigenvalue weighted by Crippen LogP contribution is 2.27. The molecule has 0 saturated carbocycles. The molecular formula is C19H30N2O4. The van der Waals surface area contributed by atoms with E-state index >= 15 is 0 Å². The van der Waals surface area contributed by atoms with Crippen molar-refractivity contribution >= 4 is 5.91 Å². The maximum absolute atomic E-state index is 12.2. The van der Waals surface area contributed by atoms with Crippen LogP contribution >= 0.6 is 0 Å². The topological polar surface area (TPSA) is 60.0 Å². The van der Waals surface area contributed by atoms with Crippen molar-refractivity contribution in [3.05, 3.63) is 23.8 Å². The Morgan fingerprint density at radius 2 is 2.12 bits per heavy atom. The third-order valence-corrected chi connectivity index (χ3v) is 4.54. The average Bonchev–Trinajstić information content (AvgIpc) is 3.14. The molecule has 1 saturated heterocycles. The molecular weight excluding hydrogens is 320 g/mol. The molecule has 0 radical (unpaired) electrons. The van der Waals surface area contributed by atoms with Crippen LogP contribution in [0.15, 0.2) is 18.2 Å². The largest absolute Gasteiger partial charge is 0.493 e. The number of likely N-dealkylation sites (N-methyl/N-ethyl adjacent to an activating group) is 1. The Bertz CT molecular complexity index is 544. The van der Waals surface area contributed by atoms with Crippen LogP contribution < -0.4 is 14.8 Å². The summed E-state index contributed by atoms with van der Waals surface area (Å²) in [5.74, 6) is 2.05. The normalized spacial score (nSPS) is 16.9. The van der Waals surface area contributed by atoms with Crippen LogP contribution in [0.2, 0.25) is 0 Å². The summed E-state index contributed by atoms with van der Waals surface area (Å²) in [5, 5.41) is 3.00. The second-order valence-electron chi connectivity index (χ2n) is 6.35. The molecule has 1 aliphatic rings. The quantitative estimate of drug-likeness (QED) is 0.696. The lowest BCUT2D eigenvalue weighted by atomic mass is 10.1. The first kappa shape index (κ1) is 19.5. The lowest BCUT2D eigenvalue weighted by molar-refractivity contribution is -0.122. The minimum Gasteiger partial charge on any atom is -0.493 e. The molecule has 0 bridgehead atoms. The zero-order valence-electron chi connectivity index (χ0n) is 15.5. The summed E-state index contributed by atoms with van der Waals surface area (Å²) in [7, 11) is 3.24. The number of rotatable bonds is 10. The van der Waals surface area contributed by atoms with E-state index in [1.165, 1.54) is 0 Å². The van der Waals surface area contributed by atoms with Crippen molar-refractivity contribution in [2.45, 2.75) is 19.8 Å². The molecule has 25 heavy (non-hydrogen) atoms. The Hall–Kier alpha value is -1.79. The standard InChI is InChI=1S/C19H30N2O4/c1-4-21(12-16-8-10-25-14-16)13-19(22)20-9-7-15-5-6-17(23-2)18(11-15)24-3/h5-6,11,16H,4,7-10,12-14H2,1-3H3,(H,20,22). The van der Waals surface area contributed by atoms with Gasteiger partial charge in [0, 0.05) is 19.7 Å². The van der Waals surface area contributed by atoms with Crippen molar-refractivity contribution in [3.8, 4) is 11.5 Å². The first-order chi connectivity index (χ1) is 12.2. The van der Waals surface area contributed by atoms with Crippen molar-refractivity contribution in [3.63, 3.8) is 0 Å². The van der Waals surface area contributed by atoms with Crippen molar-refractivity contribution < 1.29 is 19.0 Å². The minimum absolute atomic E-state index is 0.0706. The summed E-state index contributed by atoms with van der Waals surface area (Å²) in [6, 6.07) is 5.83. The molecule has 6 heteroatoms. The maximum Gasteiger partial charge on any atom is 0.234 e. The Morgan fingerprint density at radius 3 is 2.76 bits per heavy atom. The van der Waals surface area contributed by atoms with Gasteiger partial charge in [-0.05, 0) is 43.0 Å². The van der Waals surface area contributed by atoms with E-state index in [9.17, 15) is 4.79 Å². The Kier molecular flexibility index (Phi) is 8.01. The SMILES string of the molecule is CCN(CC(=O)NCCc1ccc(OC)c(OC)c1)CC1CCOC1. The van der Waals surface area contributed by atoms with E-state index in [1.807, 2.05) is 18.2 Å². The molecule has 1 heterocycles. The van der Waals surface area contributed by atoms with Gasteiger partial charge in [0.15, 0.2) is 11.5 Å². The predicted octanol–water partition coefficient (Wildman–Crippen LogP) is 1.72. The van der Waals surface area contributed by atoms with E-state index in [1.54, 1.807) is 14.2 Å². The van der Waals surface area contributed by atoms with Gasteiger partial charge in [-0.3, -0.25) is 9.69 Å². The number of benzene rings is 1. The number of hydrogen-bond acceptors (Lipinski definition) is 5. The molecule has 0 aliphatic carbocycles. The third-order valence-electron chi connectivity index (χ3n) is 4.54. The van der Waals surface area contributed by atoms with Crippen molar-refractivity contribution in [1.29, 1.82) is 0 Å². The van der Waals surface area contributed by atoms with Gasteiger partial charge in [-0.25, -0.2) is 0 Å². The minimum atomic E-state index is 0.0706. The van der Waals surface area contributed by atoms with Gasteiger partial charge in [-0.15, -0.1) is 0 Å². The highest BCUT2D eigenvalue weighted by Gasteiger charge is 2.19. The summed E-state index contributed by atoms with van der Waals surface area (Å²) in [4.78, 5) is 14.4. The second-order valence-corrected chi connectivity index (χ2v) is 6.35. The summed E-state index contributed by atoms with van der Waals surface area (Å²) in [5.41, 5.74) is 1.11. The lowest BCUT2D eigenvalue weighted by Crippen LogP contribution is -2.40. The molecule has 1 atom stereocenters. The van der Waals surface area contributed by atoms with Crippen LogP contribution in [0.1, 0.15) is 18.9 Å². The molecule has 140 valence electrons. The van der Waals surface area contributed by atoms with Gasteiger partial charge in [0.2, 0.25) is 5.91 Å². The van der Waals surface area contributed by atoms with Crippen LogP contribution in [0, 0.1) is 5.92 Å². The van der Waals surface area contributed by atoms with E-state index in [2.05, 4.69) is 17.1 Å². The van der Waals surface area contributed by atoms with Gasteiger partial charge in [0.1, 0.15) is 0 Å². The number of carbonyl (C=O) groups excluding carboxylic acids is 1. The molecule has 0 aromatic heterocycles. The molecule has 1 amide bonds. The Balaban J connectivity index is 1.73. The molecule has 1 N–H and O–H groups in total. The summed E-state index contributed by atoms with van der Waals surface area (Å²) >= 11 is 0. The van der Waals surface area contributed by atoms with E-state index in [-0.39, 0.29) is 5.91 Å². The highest BCUT2D eigenvalue weighted by molar-refractivity contribution is 5.78. The number of methoxy groups -OCH3 is 2. The van der Waals surface area contributed by atoms with E-state index in [0.29, 0.717) is 30.5 Å². The highest BCUT2D eigenvalue weighted by atomic mass is 16.5. The number of ether oxygens (including phenoxy) is 3. The molecule has 1 fully saturated rings. The number of carbonyl (C=O) groups is 1. The fourth-order valence-corrected chi connectivity index (χ4v) is 3.04. The van der Waals surface area contributed by atoms with E-state index < -0.39 is 0 Å². The predicted molar refractivity (Wildman–Crippen MR) is 97.3 cm³/mol. The van der Waals surface area contributed by atoms with Gasteiger partial charge >= 0.3 is 0 Å². The first-order valence-corrected chi connectivity index (χ1v) is 8.94. The number of amides is 1. The van der Waals surface area contributed by atoms with Gasteiger partial charge in [-0.2, -0.15) is 0 Å². The van der Waals surface area contributed by atoms with Gasteiger partial charge in [-0.1, -0.05) is 13.0 Å². The van der Waals surface area contributed by atoms with Crippen LogP contribution in [-0.4, -0.2) is 64.4 Å². The number of nitrogens with zero attached hydrogens (tertiary/aromatic N) is 1. The Labute approximate surface area is 150 Å². The first-order valence-electron chi connectivity index (χ1n) is 8.94. The van der Waals surface area contributed by atoms with E-state index in [0.717, 1.165) is 44.7 Å². The molecule has 2 rings (SSSR count). The van der Waals surface area contributed by atoms with Crippen LogP contribution in [0.5, 0.6) is 11.5 Å². The van der Waals surface area contributed by atoms with Gasteiger partial charge in [0.05, 0.1) is 27.4 Å². The second kappa shape index (κ2) is 10.3. The number of hydrogen-bond donors (Lipinski definition) is 1. The fourth-order valence-electron chi connectivity index (χ4n) is 3.04. The molecule has 1 aliphatic heterocycles. The molecule has 1 aromatic rings. The van der Waals surface area contributed by atoms with Crippen LogP contribution in [0.4, 0.5) is 0 Å². The van der Waals surface area contributed by atoms with Crippen LogP contribution in [-0.2, 0) is 16.0 Å². The summed E-state index contributed by atoms with van der Waals surface area (Å²) in [6.07, 6.45) is 1.85. The molecule has 1 unspecified atom stereocenters. The zero-order chi connectivity index (χ0) is 18.1. The van der Waals surface area contributed by atoms with Crippen molar-refractivity contribution in [2.75, 3.05) is 53.6 Å². The zero-order valence-corrected chi connectivity index (χ0v) is 15.5. The molecule has 1 aromatic carbocycles. The summed E-state index contributed by atoms with van der Waals surface area (Å²) < 4.78 is 16.0. The van der Waals surface area contributed by atoms with Crippen LogP contribution in [0.3, 0.4) is 0 Å². The van der Waals surface area contributed by atoms with Crippen molar-refractivity contribution in [2.24, 2.45) is 5.92 Å². The smallest absolute Gasteiger partial charge is 0.234 e. The summed E-state index contributed by atoms with van der Waals surface area (Å²) in [6.45, 7) is 6.61. The molecule has 0 spiro atoms. The van der Waals surface area contributed by atoms with Gasteiger partial charge < -0.3 is 19.5 Å².